The van der Waals surface area contributed by atoms with E-state index in [4.69, 9.17) is 5.48 Å². The average Bonchev–Trinajstić information content (AvgIpc) is 2.79. The van der Waals surface area contributed by atoms with Crippen LogP contribution in [0.1, 0.15) is 42.6 Å². The summed E-state index contributed by atoms with van der Waals surface area (Å²) in [5, 5.41) is 18.5. The van der Waals surface area contributed by atoms with Crippen LogP contribution < -0.4 is 5.46 Å². The van der Waals surface area contributed by atoms with Crippen LogP contribution in [0.15, 0.2) is 24.2 Å². The SMILES string of the molecule is [2H]c1c([2H])c(B(O)O)c([2H])c(C2CCCC2)c1[2H]. The van der Waals surface area contributed by atoms with Crippen molar-refractivity contribution in [1.82, 2.24) is 0 Å². The molecule has 1 aliphatic rings. The topological polar surface area (TPSA) is 40.5 Å². The summed E-state index contributed by atoms with van der Waals surface area (Å²) in [5.41, 5.74) is 0.148. The molecule has 0 atom stereocenters. The maximum Gasteiger partial charge on any atom is 0.488 e. The normalized spacial score (nSPS) is 21.3. The van der Waals surface area contributed by atoms with Gasteiger partial charge in [0, 0.05) is 0 Å². The van der Waals surface area contributed by atoms with Crippen molar-refractivity contribution in [2.45, 2.75) is 31.6 Å². The Balaban J connectivity index is 2.64. The highest BCUT2D eigenvalue weighted by molar-refractivity contribution is 6.58. The van der Waals surface area contributed by atoms with Gasteiger partial charge in [-0.05, 0) is 29.8 Å². The molecule has 0 radical (unpaired) electrons. The molecule has 0 amide bonds. The van der Waals surface area contributed by atoms with E-state index in [9.17, 15) is 10.0 Å². The quantitative estimate of drug-likeness (QED) is 0.690. The average molecular weight is 194 g/mol. The lowest BCUT2D eigenvalue weighted by atomic mass is 9.78. The zero-order chi connectivity index (χ0) is 13.4. The zero-order valence-corrected chi connectivity index (χ0v) is 7.88. The summed E-state index contributed by atoms with van der Waals surface area (Å²) in [5.74, 6) is 0.0344. The van der Waals surface area contributed by atoms with Gasteiger partial charge in [0.05, 0.1) is 5.48 Å². The Hall–Kier alpha value is -0.795. The van der Waals surface area contributed by atoms with E-state index in [-0.39, 0.29) is 29.5 Å². The molecule has 14 heavy (non-hydrogen) atoms. The van der Waals surface area contributed by atoms with Crippen LogP contribution in [0.5, 0.6) is 0 Å². The molecule has 0 unspecified atom stereocenters. The Labute approximate surface area is 90.4 Å². The lowest BCUT2D eigenvalue weighted by molar-refractivity contribution is 0.425. The minimum Gasteiger partial charge on any atom is -0.423 e. The number of rotatable bonds is 2. The Morgan fingerprint density at radius 3 is 2.64 bits per heavy atom. The van der Waals surface area contributed by atoms with E-state index >= 15 is 0 Å². The molecule has 0 heterocycles. The molecule has 1 aromatic rings. The molecule has 0 spiro atoms. The van der Waals surface area contributed by atoms with E-state index < -0.39 is 13.2 Å². The summed E-state index contributed by atoms with van der Waals surface area (Å²) in [7, 11) is -1.94. The first kappa shape index (κ1) is 5.94. The molecule has 1 fully saturated rings. The Bertz CT molecular complexity index is 473. The van der Waals surface area contributed by atoms with Crippen molar-refractivity contribution < 1.29 is 15.5 Å². The van der Waals surface area contributed by atoms with E-state index in [1.54, 1.807) is 0 Å². The van der Waals surface area contributed by atoms with Gasteiger partial charge < -0.3 is 10.0 Å². The molecule has 0 aromatic heterocycles. The fourth-order valence-electron chi connectivity index (χ4n) is 1.92. The number of hydrogen-bond donors (Lipinski definition) is 2. The fourth-order valence-corrected chi connectivity index (χ4v) is 1.92. The van der Waals surface area contributed by atoms with E-state index in [0.29, 0.717) is 5.56 Å². The molecule has 1 aliphatic carbocycles. The standard InChI is InChI=1S/C11H15BO2/c13-12(14)11-7-3-6-10(8-11)9-4-1-2-5-9/h3,6-9,13-14H,1-2,4-5H2/i3D,6D,7D,8D. The maximum atomic E-state index is 9.24. The fraction of sp³-hybridized carbons (Fsp3) is 0.455. The second-order valence-electron chi connectivity index (χ2n) is 3.68. The van der Waals surface area contributed by atoms with Gasteiger partial charge >= 0.3 is 7.12 Å². The van der Waals surface area contributed by atoms with E-state index in [1.807, 2.05) is 0 Å². The number of benzene rings is 1. The van der Waals surface area contributed by atoms with Gasteiger partial charge in [0.2, 0.25) is 0 Å². The number of hydrogen-bond acceptors (Lipinski definition) is 2. The monoisotopic (exact) mass is 194 g/mol. The summed E-state index contributed by atoms with van der Waals surface area (Å²) < 4.78 is 31.2. The third-order valence-electron chi connectivity index (χ3n) is 2.69. The molecular formula is C11H15BO2. The van der Waals surface area contributed by atoms with Gasteiger partial charge in [0.1, 0.15) is 0 Å². The third kappa shape index (κ3) is 1.99. The van der Waals surface area contributed by atoms with Crippen LogP contribution in [0.2, 0.25) is 0 Å². The van der Waals surface area contributed by atoms with Crippen LogP contribution >= 0.6 is 0 Å². The first-order valence-electron chi connectivity index (χ1n) is 6.91. The predicted molar refractivity (Wildman–Crippen MR) is 57.5 cm³/mol. The van der Waals surface area contributed by atoms with Gasteiger partial charge in [-0.15, -0.1) is 0 Å². The molecule has 2 N–H and O–H groups in total. The van der Waals surface area contributed by atoms with Crippen molar-refractivity contribution in [2.24, 2.45) is 0 Å². The van der Waals surface area contributed by atoms with Crippen molar-refractivity contribution in [3.05, 3.63) is 29.7 Å². The van der Waals surface area contributed by atoms with Crippen molar-refractivity contribution >= 4 is 12.6 Å². The molecule has 0 saturated heterocycles. The first-order chi connectivity index (χ1) is 8.45. The van der Waals surface area contributed by atoms with Gasteiger partial charge in [-0.1, -0.05) is 37.0 Å². The minimum absolute atomic E-state index is 0.0344. The Morgan fingerprint density at radius 2 is 2.00 bits per heavy atom. The van der Waals surface area contributed by atoms with E-state index in [1.165, 1.54) is 0 Å². The van der Waals surface area contributed by atoms with E-state index in [2.05, 4.69) is 0 Å². The molecule has 1 saturated carbocycles. The smallest absolute Gasteiger partial charge is 0.423 e. The second-order valence-corrected chi connectivity index (χ2v) is 3.68. The highest BCUT2D eigenvalue weighted by Crippen LogP contribution is 2.33. The van der Waals surface area contributed by atoms with Crippen molar-refractivity contribution in [3.8, 4) is 0 Å². The van der Waals surface area contributed by atoms with Crippen LogP contribution in [0.25, 0.3) is 0 Å². The molecule has 0 bridgehead atoms. The van der Waals surface area contributed by atoms with Gasteiger partial charge in [-0.2, -0.15) is 0 Å². The van der Waals surface area contributed by atoms with Crippen LogP contribution in [0.4, 0.5) is 0 Å². The largest absolute Gasteiger partial charge is 0.488 e. The second kappa shape index (κ2) is 4.15. The summed E-state index contributed by atoms with van der Waals surface area (Å²) in [4.78, 5) is 0. The Morgan fingerprint density at radius 1 is 1.29 bits per heavy atom. The highest BCUT2D eigenvalue weighted by Gasteiger charge is 2.18. The van der Waals surface area contributed by atoms with Crippen molar-refractivity contribution in [1.29, 1.82) is 0 Å². The first-order valence-corrected chi connectivity index (χ1v) is 4.91. The molecule has 2 nitrogen and oxygen atoms in total. The predicted octanol–water partition coefficient (Wildman–Crippen LogP) is 1.02. The lowest BCUT2D eigenvalue weighted by Gasteiger charge is -2.10. The zero-order valence-electron chi connectivity index (χ0n) is 11.9. The lowest BCUT2D eigenvalue weighted by Crippen LogP contribution is -2.30. The van der Waals surface area contributed by atoms with Crippen molar-refractivity contribution in [2.75, 3.05) is 0 Å². The minimum atomic E-state index is -1.94. The molecule has 74 valence electrons. The summed E-state index contributed by atoms with van der Waals surface area (Å²) in [6, 6.07) is -1.01. The van der Waals surface area contributed by atoms with Gasteiger partial charge in [-0.25, -0.2) is 0 Å². The van der Waals surface area contributed by atoms with Crippen LogP contribution in [0.3, 0.4) is 0 Å². The van der Waals surface area contributed by atoms with E-state index in [0.717, 1.165) is 25.7 Å². The van der Waals surface area contributed by atoms with Crippen LogP contribution in [0, 0.1) is 0 Å². The molecular weight excluding hydrogens is 175 g/mol. The Kier molecular flexibility index (Phi) is 1.76. The molecule has 2 rings (SSSR count). The molecule has 3 heteroatoms. The summed E-state index contributed by atoms with van der Waals surface area (Å²) in [6.45, 7) is 0. The maximum absolute atomic E-state index is 9.24. The molecule has 0 aliphatic heterocycles. The van der Waals surface area contributed by atoms with Gasteiger partial charge in [0.25, 0.3) is 0 Å². The molecule has 1 aromatic carbocycles. The third-order valence-corrected chi connectivity index (χ3v) is 2.69. The van der Waals surface area contributed by atoms with Crippen molar-refractivity contribution in [3.63, 3.8) is 0 Å². The van der Waals surface area contributed by atoms with Crippen LogP contribution in [-0.2, 0) is 0 Å². The highest BCUT2D eigenvalue weighted by atomic mass is 16.4. The van der Waals surface area contributed by atoms with Gasteiger partial charge in [0.15, 0.2) is 0 Å². The summed E-state index contributed by atoms with van der Waals surface area (Å²) in [6.07, 6.45) is 3.76. The summed E-state index contributed by atoms with van der Waals surface area (Å²) >= 11 is 0. The van der Waals surface area contributed by atoms with Crippen LogP contribution in [-0.4, -0.2) is 17.2 Å². The van der Waals surface area contributed by atoms with Gasteiger partial charge in [-0.3, -0.25) is 0 Å².